The van der Waals surface area contributed by atoms with Crippen LogP contribution in [0.15, 0.2) is 34.8 Å². The molecule has 18 heavy (non-hydrogen) atoms. The van der Waals surface area contributed by atoms with Crippen molar-refractivity contribution >= 4 is 21.7 Å². The highest BCUT2D eigenvalue weighted by molar-refractivity contribution is 9.10. The number of benzene rings is 1. The van der Waals surface area contributed by atoms with Gasteiger partial charge < -0.3 is 15.6 Å². The fourth-order valence-electron chi connectivity index (χ4n) is 1.54. The Morgan fingerprint density at radius 2 is 2.17 bits per heavy atom. The van der Waals surface area contributed by atoms with E-state index < -0.39 is 0 Å². The largest absolute Gasteiger partial charge is 0.486 e. The molecule has 5 nitrogen and oxygen atoms in total. The molecule has 0 unspecified atom stereocenters. The Morgan fingerprint density at radius 3 is 2.89 bits per heavy atom. The molecule has 3 N–H and O–H groups in total. The van der Waals surface area contributed by atoms with E-state index in [4.69, 9.17) is 15.6 Å². The molecule has 0 amide bonds. The predicted octanol–water partition coefficient (Wildman–Crippen LogP) is 1.80. The molecule has 0 atom stereocenters. The molecule has 96 valence electrons. The number of para-hydroxylation sites is 1. The summed E-state index contributed by atoms with van der Waals surface area (Å²) in [5.41, 5.74) is 6.48. The van der Waals surface area contributed by atoms with E-state index in [1.807, 2.05) is 24.3 Å². The van der Waals surface area contributed by atoms with Crippen molar-refractivity contribution in [2.75, 3.05) is 12.3 Å². The van der Waals surface area contributed by atoms with E-state index in [2.05, 4.69) is 21.0 Å². The van der Waals surface area contributed by atoms with Crippen molar-refractivity contribution in [2.24, 2.45) is 0 Å². The zero-order valence-corrected chi connectivity index (χ0v) is 11.3. The van der Waals surface area contributed by atoms with Gasteiger partial charge in [-0.2, -0.15) is 5.10 Å². The molecule has 0 spiro atoms. The molecule has 0 saturated heterocycles. The highest BCUT2D eigenvalue weighted by Crippen LogP contribution is 2.24. The summed E-state index contributed by atoms with van der Waals surface area (Å²) in [5, 5.41) is 13.1. The van der Waals surface area contributed by atoms with Gasteiger partial charge in [0, 0.05) is 6.07 Å². The van der Waals surface area contributed by atoms with Crippen LogP contribution in [0.4, 0.5) is 5.82 Å². The lowest BCUT2D eigenvalue weighted by Crippen LogP contribution is -2.08. The quantitative estimate of drug-likeness (QED) is 0.883. The Kier molecular flexibility index (Phi) is 4.22. The van der Waals surface area contributed by atoms with Gasteiger partial charge in [0.15, 0.2) is 0 Å². The Morgan fingerprint density at radius 1 is 1.39 bits per heavy atom. The topological polar surface area (TPSA) is 73.3 Å². The van der Waals surface area contributed by atoms with Gasteiger partial charge in [0.2, 0.25) is 0 Å². The molecular formula is C12H14BrN3O2. The van der Waals surface area contributed by atoms with Crippen LogP contribution in [0.5, 0.6) is 5.75 Å². The summed E-state index contributed by atoms with van der Waals surface area (Å²) in [6.07, 6.45) is 0. The van der Waals surface area contributed by atoms with E-state index >= 15 is 0 Å². The second-order valence-electron chi connectivity index (χ2n) is 3.73. The number of aliphatic hydroxyl groups excluding tert-OH is 1. The van der Waals surface area contributed by atoms with Crippen molar-refractivity contribution in [1.82, 2.24) is 9.78 Å². The lowest BCUT2D eigenvalue weighted by atomic mass is 10.3. The third kappa shape index (κ3) is 3.02. The number of aliphatic hydroxyl groups is 1. The lowest BCUT2D eigenvalue weighted by molar-refractivity contribution is 0.266. The first-order chi connectivity index (χ1) is 8.70. The van der Waals surface area contributed by atoms with Gasteiger partial charge in [-0.1, -0.05) is 12.1 Å². The maximum absolute atomic E-state index is 8.84. The third-order valence-corrected chi connectivity index (χ3v) is 3.04. The van der Waals surface area contributed by atoms with Gasteiger partial charge in [-0.15, -0.1) is 0 Å². The van der Waals surface area contributed by atoms with E-state index in [0.29, 0.717) is 19.0 Å². The van der Waals surface area contributed by atoms with Crippen LogP contribution in [-0.2, 0) is 13.2 Å². The number of hydrogen-bond acceptors (Lipinski definition) is 4. The van der Waals surface area contributed by atoms with Gasteiger partial charge in [0.05, 0.1) is 17.6 Å². The number of hydrogen-bond donors (Lipinski definition) is 2. The van der Waals surface area contributed by atoms with Crippen molar-refractivity contribution in [3.05, 3.63) is 40.5 Å². The molecule has 2 aromatic rings. The second-order valence-corrected chi connectivity index (χ2v) is 4.58. The normalized spacial score (nSPS) is 10.6. The standard InChI is InChI=1S/C12H14BrN3O2/c13-10-3-1-2-4-11(10)18-8-9-7-12(14)16(15-9)5-6-17/h1-4,7,17H,5-6,8,14H2. The Balaban J connectivity index is 2.02. The zero-order chi connectivity index (χ0) is 13.0. The van der Waals surface area contributed by atoms with Crippen molar-refractivity contribution < 1.29 is 9.84 Å². The average Bonchev–Trinajstić information content (AvgIpc) is 2.70. The summed E-state index contributed by atoms with van der Waals surface area (Å²) in [7, 11) is 0. The maximum atomic E-state index is 8.84. The van der Waals surface area contributed by atoms with Gasteiger partial charge in [0.25, 0.3) is 0 Å². The summed E-state index contributed by atoms with van der Waals surface area (Å²) in [4.78, 5) is 0. The minimum absolute atomic E-state index is 0.0103. The first-order valence-electron chi connectivity index (χ1n) is 5.51. The van der Waals surface area contributed by atoms with E-state index in [9.17, 15) is 0 Å². The molecule has 0 radical (unpaired) electrons. The van der Waals surface area contributed by atoms with Crippen LogP contribution < -0.4 is 10.5 Å². The van der Waals surface area contributed by atoms with Crippen LogP contribution in [-0.4, -0.2) is 21.5 Å². The summed E-state index contributed by atoms with van der Waals surface area (Å²) in [6.45, 7) is 0.739. The van der Waals surface area contributed by atoms with E-state index in [1.165, 1.54) is 0 Å². The minimum Gasteiger partial charge on any atom is -0.486 e. The summed E-state index contributed by atoms with van der Waals surface area (Å²) in [5.74, 6) is 1.28. The number of aromatic nitrogens is 2. The molecule has 0 bridgehead atoms. The fraction of sp³-hybridized carbons (Fsp3) is 0.250. The number of rotatable bonds is 5. The molecule has 0 aliphatic carbocycles. The van der Waals surface area contributed by atoms with Crippen LogP contribution in [0.1, 0.15) is 5.69 Å². The van der Waals surface area contributed by atoms with Crippen LogP contribution in [0, 0.1) is 0 Å². The average molecular weight is 312 g/mol. The van der Waals surface area contributed by atoms with Gasteiger partial charge >= 0.3 is 0 Å². The fourth-order valence-corrected chi connectivity index (χ4v) is 1.94. The lowest BCUT2D eigenvalue weighted by Gasteiger charge is -2.05. The highest BCUT2D eigenvalue weighted by atomic mass is 79.9. The first-order valence-corrected chi connectivity index (χ1v) is 6.30. The summed E-state index contributed by atoms with van der Waals surface area (Å²) < 4.78 is 8.08. The van der Waals surface area contributed by atoms with Gasteiger partial charge in [-0.25, -0.2) is 4.68 Å². The van der Waals surface area contributed by atoms with E-state index in [0.717, 1.165) is 15.9 Å². The van der Waals surface area contributed by atoms with E-state index in [-0.39, 0.29) is 6.61 Å². The smallest absolute Gasteiger partial charge is 0.134 e. The van der Waals surface area contributed by atoms with Crippen LogP contribution in [0.3, 0.4) is 0 Å². The van der Waals surface area contributed by atoms with Crippen LogP contribution >= 0.6 is 15.9 Å². The summed E-state index contributed by atoms with van der Waals surface area (Å²) >= 11 is 3.41. The minimum atomic E-state index is 0.0103. The molecule has 0 fully saturated rings. The number of anilines is 1. The van der Waals surface area contributed by atoms with Gasteiger partial charge in [-0.05, 0) is 28.1 Å². The molecule has 0 aliphatic heterocycles. The molecule has 0 aliphatic rings. The number of nitrogen functional groups attached to an aromatic ring is 1. The number of halogens is 1. The maximum Gasteiger partial charge on any atom is 0.134 e. The Labute approximate surface area is 113 Å². The molecule has 1 heterocycles. The summed E-state index contributed by atoms with van der Waals surface area (Å²) in [6, 6.07) is 9.35. The van der Waals surface area contributed by atoms with Crippen LogP contribution in [0.2, 0.25) is 0 Å². The highest BCUT2D eigenvalue weighted by Gasteiger charge is 2.06. The first kappa shape index (κ1) is 12.9. The SMILES string of the molecule is Nc1cc(COc2ccccc2Br)nn1CCO. The molecule has 6 heteroatoms. The molecule has 2 rings (SSSR count). The van der Waals surface area contributed by atoms with E-state index in [1.54, 1.807) is 10.7 Å². The van der Waals surface area contributed by atoms with Crippen molar-refractivity contribution in [1.29, 1.82) is 0 Å². The molecule has 1 aromatic heterocycles. The Hall–Kier alpha value is -1.53. The molecular weight excluding hydrogens is 298 g/mol. The second kappa shape index (κ2) is 5.88. The monoisotopic (exact) mass is 311 g/mol. The number of nitrogens with zero attached hydrogens (tertiary/aromatic N) is 2. The molecule has 1 aromatic carbocycles. The van der Waals surface area contributed by atoms with Gasteiger partial charge in [0.1, 0.15) is 23.9 Å². The van der Waals surface area contributed by atoms with Crippen molar-refractivity contribution in [3.8, 4) is 5.75 Å². The molecule has 0 saturated carbocycles. The Bertz CT molecular complexity index is 528. The third-order valence-electron chi connectivity index (χ3n) is 2.39. The van der Waals surface area contributed by atoms with Crippen molar-refractivity contribution in [2.45, 2.75) is 13.2 Å². The predicted molar refractivity (Wildman–Crippen MR) is 72.2 cm³/mol. The van der Waals surface area contributed by atoms with Gasteiger partial charge in [-0.3, -0.25) is 0 Å². The number of nitrogens with two attached hydrogens (primary N) is 1. The number of ether oxygens (including phenoxy) is 1. The van der Waals surface area contributed by atoms with Crippen molar-refractivity contribution in [3.63, 3.8) is 0 Å². The zero-order valence-electron chi connectivity index (χ0n) is 9.71. The van der Waals surface area contributed by atoms with Crippen LogP contribution in [0.25, 0.3) is 0 Å².